The van der Waals surface area contributed by atoms with Crippen LogP contribution in [-0.2, 0) is 19.9 Å². The molecule has 1 heterocycles. The predicted molar refractivity (Wildman–Crippen MR) is 70.6 cm³/mol. The minimum atomic E-state index is -1.26. The molecule has 1 atom stereocenters. The lowest BCUT2D eigenvalue weighted by molar-refractivity contribution is -0.133. The van der Waals surface area contributed by atoms with Crippen molar-refractivity contribution in [3.8, 4) is 0 Å². The molecule has 1 aromatic rings. The molecule has 0 bridgehead atoms. The lowest BCUT2D eigenvalue weighted by atomic mass is 9.86. The number of Topliss-reactive ketones (excluding diaryl/α,β-unsaturated/α-hetero) is 1. The monoisotopic (exact) mass is 260 g/mol. The van der Waals surface area contributed by atoms with E-state index in [0.717, 1.165) is 5.69 Å². The largest absolute Gasteiger partial charge is 0.338 e. The molecule has 0 saturated heterocycles. The van der Waals surface area contributed by atoms with Crippen LogP contribution in [0.5, 0.6) is 0 Å². The van der Waals surface area contributed by atoms with Crippen molar-refractivity contribution in [2.75, 3.05) is 11.9 Å². The van der Waals surface area contributed by atoms with Crippen molar-refractivity contribution < 1.29 is 14.4 Å². The summed E-state index contributed by atoms with van der Waals surface area (Å²) < 4.78 is 0. The molecule has 2 amide bonds. The molecule has 0 radical (unpaired) electrons. The zero-order chi connectivity index (χ0) is 14.2. The van der Waals surface area contributed by atoms with Crippen molar-refractivity contribution in [1.29, 1.82) is 0 Å². The topological polar surface area (TPSA) is 66.5 Å². The van der Waals surface area contributed by atoms with Crippen LogP contribution in [0.1, 0.15) is 25.8 Å². The van der Waals surface area contributed by atoms with Crippen molar-refractivity contribution in [1.82, 2.24) is 5.32 Å². The van der Waals surface area contributed by atoms with Crippen molar-refractivity contribution in [3.05, 3.63) is 29.8 Å². The Morgan fingerprint density at radius 1 is 1.26 bits per heavy atom. The molecule has 1 N–H and O–H groups in total. The van der Waals surface area contributed by atoms with Gasteiger partial charge in [-0.15, -0.1) is 0 Å². The van der Waals surface area contributed by atoms with Crippen molar-refractivity contribution in [2.45, 2.75) is 25.8 Å². The molecule has 19 heavy (non-hydrogen) atoms. The Labute approximate surface area is 111 Å². The standard InChI is InChI=1S/C14H16N2O3/c1-9(17)8-14(15-10(2)18)11-6-4-5-7-12(11)16(3)13(14)19/h4-7H,8H2,1-3H3,(H,15,18). The van der Waals surface area contributed by atoms with Crippen LogP contribution in [0.2, 0.25) is 0 Å². The van der Waals surface area contributed by atoms with E-state index in [1.807, 2.05) is 6.07 Å². The van der Waals surface area contributed by atoms with Gasteiger partial charge in [0.15, 0.2) is 5.54 Å². The molecule has 1 aliphatic heterocycles. The number of nitrogens with one attached hydrogen (secondary N) is 1. The minimum absolute atomic E-state index is 0.0350. The third-order valence-electron chi connectivity index (χ3n) is 3.30. The number of rotatable bonds is 3. The molecule has 0 saturated carbocycles. The Hall–Kier alpha value is -2.17. The Kier molecular flexibility index (Phi) is 3.14. The summed E-state index contributed by atoms with van der Waals surface area (Å²) in [6.45, 7) is 2.76. The van der Waals surface area contributed by atoms with Crippen LogP contribution in [0.25, 0.3) is 0 Å². The number of nitrogens with zero attached hydrogens (tertiary/aromatic N) is 1. The van der Waals surface area contributed by atoms with E-state index in [1.165, 1.54) is 18.7 Å². The summed E-state index contributed by atoms with van der Waals surface area (Å²) in [5, 5.41) is 2.67. The number of ketones is 1. The van der Waals surface area contributed by atoms with Gasteiger partial charge in [-0.2, -0.15) is 0 Å². The number of carbonyl (C=O) groups is 3. The van der Waals surface area contributed by atoms with E-state index >= 15 is 0 Å². The Morgan fingerprint density at radius 3 is 2.47 bits per heavy atom. The summed E-state index contributed by atoms with van der Waals surface area (Å²) in [6.07, 6.45) is -0.0350. The molecule has 2 rings (SSSR count). The molecule has 0 aromatic heterocycles. The number of fused-ring (bicyclic) bond motifs is 1. The van der Waals surface area contributed by atoms with Gasteiger partial charge in [-0.05, 0) is 13.0 Å². The fourth-order valence-corrected chi connectivity index (χ4v) is 2.65. The molecule has 5 heteroatoms. The Bertz CT molecular complexity index is 550. The summed E-state index contributed by atoms with van der Waals surface area (Å²) in [7, 11) is 1.64. The summed E-state index contributed by atoms with van der Waals surface area (Å²) in [5.41, 5.74) is 0.138. The van der Waals surface area contributed by atoms with Gasteiger partial charge in [0.25, 0.3) is 5.91 Å². The molecule has 100 valence electrons. The average molecular weight is 260 g/mol. The van der Waals surface area contributed by atoms with Gasteiger partial charge >= 0.3 is 0 Å². The van der Waals surface area contributed by atoms with Crippen molar-refractivity contribution >= 4 is 23.3 Å². The number of likely N-dealkylation sites (N-methyl/N-ethyl adjacent to an activating group) is 1. The second-order valence-electron chi connectivity index (χ2n) is 4.85. The number of anilines is 1. The number of para-hydroxylation sites is 1. The maximum atomic E-state index is 12.5. The Balaban J connectivity index is 2.62. The summed E-state index contributed by atoms with van der Waals surface area (Å²) in [4.78, 5) is 37.0. The molecule has 5 nitrogen and oxygen atoms in total. The number of hydrogen-bond acceptors (Lipinski definition) is 3. The molecule has 1 aliphatic rings. The van der Waals surface area contributed by atoms with Gasteiger partial charge in [0, 0.05) is 31.6 Å². The van der Waals surface area contributed by atoms with E-state index < -0.39 is 5.54 Å². The highest BCUT2D eigenvalue weighted by atomic mass is 16.2. The highest BCUT2D eigenvalue weighted by Gasteiger charge is 2.50. The first-order valence-electron chi connectivity index (χ1n) is 6.04. The highest BCUT2D eigenvalue weighted by molar-refractivity contribution is 6.10. The fourth-order valence-electron chi connectivity index (χ4n) is 2.65. The van der Waals surface area contributed by atoms with Crippen LogP contribution >= 0.6 is 0 Å². The number of carbonyl (C=O) groups excluding carboxylic acids is 3. The zero-order valence-corrected chi connectivity index (χ0v) is 11.2. The lowest BCUT2D eigenvalue weighted by Gasteiger charge is -2.28. The lowest BCUT2D eigenvalue weighted by Crippen LogP contribution is -2.52. The number of hydrogen-bond donors (Lipinski definition) is 1. The van der Waals surface area contributed by atoms with E-state index in [0.29, 0.717) is 5.56 Å². The first kappa shape index (κ1) is 13.3. The van der Waals surface area contributed by atoms with Crippen molar-refractivity contribution in [3.63, 3.8) is 0 Å². The molecular weight excluding hydrogens is 244 g/mol. The molecule has 1 unspecified atom stereocenters. The van der Waals surface area contributed by atoms with Gasteiger partial charge in [0.05, 0.1) is 0 Å². The molecular formula is C14H16N2O3. The van der Waals surface area contributed by atoms with Crippen LogP contribution in [-0.4, -0.2) is 24.6 Å². The first-order valence-corrected chi connectivity index (χ1v) is 6.04. The van der Waals surface area contributed by atoms with Gasteiger partial charge in [-0.3, -0.25) is 14.4 Å². The Morgan fingerprint density at radius 2 is 1.89 bits per heavy atom. The van der Waals surface area contributed by atoms with Crippen LogP contribution in [0.3, 0.4) is 0 Å². The maximum Gasteiger partial charge on any atom is 0.257 e. The average Bonchev–Trinajstić information content (AvgIpc) is 2.52. The SMILES string of the molecule is CC(=O)CC1(NC(C)=O)C(=O)N(C)c2ccccc21. The predicted octanol–water partition coefficient (Wildman–Crippen LogP) is 0.973. The van der Waals surface area contributed by atoms with Crippen LogP contribution in [0.15, 0.2) is 24.3 Å². The smallest absolute Gasteiger partial charge is 0.257 e. The van der Waals surface area contributed by atoms with Gasteiger partial charge < -0.3 is 10.2 Å². The summed E-state index contributed by atoms with van der Waals surface area (Å²) >= 11 is 0. The van der Waals surface area contributed by atoms with E-state index in [4.69, 9.17) is 0 Å². The van der Waals surface area contributed by atoms with Gasteiger partial charge in [0.1, 0.15) is 5.78 Å². The number of benzene rings is 1. The van der Waals surface area contributed by atoms with Crippen LogP contribution < -0.4 is 10.2 Å². The maximum absolute atomic E-state index is 12.5. The molecule has 0 aliphatic carbocycles. The molecule has 0 spiro atoms. The van der Waals surface area contributed by atoms with Gasteiger partial charge in [0.2, 0.25) is 5.91 Å². The third kappa shape index (κ3) is 2.01. The van der Waals surface area contributed by atoms with E-state index in [-0.39, 0.29) is 24.0 Å². The highest BCUT2D eigenvalue weighted by Crippen LogP contribution is 2.41. The second-order valence-corrected chi connectivity index (χ2v) is 4.85. The first-order chi connectivity index (χ1) is 8.88. The number of amides is 2. The molecule has 0 fully saturated rings. The van der Waals surface area contributed by atoms with E-state index in [1.54, 1.807) is 25.2 Å². The second kappa shape index (κ2) is 4.50. The van der Waals surface area contributed by atoms with E-state index in [9.17, 15) is 14.4 Å². The quantitative estimate of drug-likeness (QED) is 0.880. The van der Waals surface area contributed by atoms with Crippen LogP contribution in [0.4, 0.5) is 5.69 Å². The molecule has 1 aromatic carbocycles. The fraction of sp³-hybridized carbons (Fsp3) is 0.357. The minimum Gasteiger partial charge on any atom is -0.338 e. The summed E-state index contributed by atoms with van der Waals surface area (Å²) in [6, 6.07) is 7.19. The summed E-state index contributed by atoms with van der Waals surface area (Å²) in [5.74, 6) is -0.758. The van der Waals surface area contributed by atoms with Gasteiger partial charge in [-0.1, -0.05) is 18.2 Å². The van der Waals surface area contributed by atoms with Crippen molar-refractivity contribution in [2.24, 2.45) is 0 Å². The zero-order valence-electron chi connectivity index (χ0n) is 11.2. The van der Waals surface area contributed by atoms with E-state index in [2.05, 4.69) is 5.32 Å². The van der Waals surface area contributed by atoms with Gasteiger partial charge in [-0.25, -0.2) is 0 Å². The third-order valence-corrected chi connectivity index (χ3v) is 3.30. The normalized spacial score (nSPS) is 21.2. The van der Waals surface area contributed by atoms with Crippen LogP contribution in [0, 0.1) is 0 Å².